The van der Waals surface area contributed by atoms with Crippen molar-refractivity contribution in [3.05, 3.63) is 127 Å². The van der Waals surface area contributed by atoms with Crippen LogP contribution in [0.25, 0.3) is 97.3 Å². The second-order valence-electron chi connectivity index (χ2n) is 11.1. The molecule has 0 fully saturated rings. The molecule has 10 aromatic rings. The van der Waals surface area contributed by atoms with Crippen LogP contribution in [0.5, 0.6) is 0 Å². The van der Waals surface area contributed by atoms with E-state index in [0.717, 1.165) is 77.0 Å². The Balaban J connectivity index is 1.33. The lowest BCUT2D eigenvalue weighted by molar-refractivity contribution is 0.658. The molecule has 0 spiro atoms. The van der Waals surface area contributed by atoms with Crippen LogP contribution in [0.1, 0.15) is 0 Å². The van der Waals surface area contributed by atoms with E-state index >= 15 is 0 Å². The SMILES string of the molecule is c1cc(-c2c3oc4ccccc4c3cc3c2oc2ccccc23)cc(-c2c3ccccc3nc3c2sc2ccccc23)c1. The van der Waals surface area contributed by atoms with Crippen molar-refractivity contribution in [2.45, 2.75) is 0 Å². The van der Waals surface area contributed by atoms with Gasteiger partial charge in [-0.1, -0.05) is 91.0 Å². The van der Waals surface area contributed by atoms with Gasteiger partial charge in [-0.2, -0.15) is 0 Å². The van der Waals surface area contributed by atoms with E-state index in [1.165, 1.54) is 20.3 Å². The van der Waals surface area contributed by atoms with Gasteiger partial charge in [0.05, 0.1) is 21.3 Å². The number of fused-ring (bicyclic) bond motifs is 10. The molecule has 6 aromatic carbocycles. The summed E-state index contributed by atoms with van der Waals surface area (Å²) in [5.41, 5.74) is 9.88. The summed E-state index contributed by atoms with van der Waals surface area (Å²) in [6.07, 6.45) is 0. The van der Waals surface area contributed by atoms with Gasteiger partial charge in [0.2, 0.25) is 0 Å². The van der Waals surface area contributed by atoms with Gasteiger partial charge in [0, 0.05) is 42.6 Å². The van der Waals surface area contributed by atoms with Crippen molar-refractivity contribution in [3.63, 3.8) is 0 Å². The van der Waals surface area contributed by atoms with Crippen LogP contribution in [0.15, 0.2) is 136 Å². The minimum atomic E-state index is 0.844. The molecule has 0 saturated carbocycles. The third-order valence-corrected chi connectivity index (χ3v) is 9.83. The normalized spacial score (nSPS) is 12.2. The van der Waals surface area contributed by atoms with Crippen LogP contribution < -0.4 is 0 Å². The summed E-state index contributed by atoms with van der Waals surface area (Å²) in [6, 6.07) is 44.6. The maximum Gasteiger partial charge on any atom is 0.147 e. The Labute approximate surface area is 249 Å². The maximum atomic E-state index is 6.60. The first-order valence-electron chi connectivity index (χ1n) is 14.4. The maximum absolute atomic E-state index is 6.60. The largest absolute Gasteiger partial charge is 0.455 e. The second kappa shape index (κ2) is 8.54. The fourth-order valence-electron chi connectivity index (χ4n) is 6.75. The molecule has 0 atom stereocenters. The number of nitrogens with zero attached hydrogens (tertiary/aromatic N) is 1. The van der Waals surface area contributed by atoms with Gasteiger partial charge in [-0.15, -0.1) is 11.3 Å². The van der Waals surface area contributed by atoms with Crippen LogP contribution in [0, 0.1) is 0 Å². The van der Waals surface area contributed by atoms with Crippen molar-refractivity contribution in [1.82, 2.24) is 4.98 Å². The number of para-hydroxylation sites is 3. The Kier molecular flexibility index (Phi) is 4.60. The summed E-state index contributed by atoms with van der Waals surface area (Å²) in [5.74, 6) is 0. The standard InChI is InChI=1S/C39H21NO2S/c1-5-16-30-26(14-1)34(39-36(40-30)27-15-4-8-19-33(27)43-39)22-10-9-11-23(20-22)35-37-28(24-12-2-6-17-31(24)41-37)21-29-25-13-3-7-18-32(25)42-38(29)35/h1-21H. The molecule has 0 saturated heterocycles. The summed E-state index contributed by atoms with van der Waals surface area (Å²) < 4.78 is 15.6. The highest BCUT2D eigenvalue weighted by Crippen LogP contribution is 2.47. The molecule has 4 heterocycles. The van der Waals surface area contributed by atoms with Gasteiger partial charge in [0.25, 0.3) is 0 Å². The molecule has 0 amide bonds. The second-order valence-corrected chi connectivity index (χ2v) is 12.1. The van der Waals surface area contributed by atoms with Crippen molar-refractivity contribution in [2.24, 2.45) is 0 Å². The van der Waals surface area contributed by atoms with Gasteiger partial charge >= 0.3 is 0 Å². The predicted molar refractivity (Wildman–Crippen MR) is 180 cm³/mol. The minimum absolute atomic E-state index is 0.844. The van der Waals surface area contributed by atoms with Crippen LogP contribution in [0.4, 0.5) is 0 Å². The molecule has 200 valence electrons. The molecule has 0 unspecified atom stereocenters. The highest BCUT2D eigenvalue weighted by molar-refractivity contribution is 7.26. The Morgan fingerprint density at radius 1 is 0.465 bits per heavy atom. The lowest BCUT2D eigenvalue weighted by Crippen LogP contribution is -1.88. The Bertz CT molecular complexity index is 2650. The molecule has 0 N–H and O–H groups in total. The van der Waals surface area contributed by atoms with Crippen LogP contribution in [-0.4, -0.2) is 4.98 Å². The van der Waals surface area contributed by atoms with Crippen LogP contribution in [-0.2, 0) is 0 Å². The monoisotopic (exact) mass is 567 g/mol. The molecule has 0 aliphatic carbocycles. The van der Waals surface area contributed by atoms with E-state index in [4.69, 9.17) is 13.8 Å². The summed E-state index contributed by atoms with van der Waals surface area (Å²) in [4.78, 5) is 5.14. The number of hydrogen-bond acceptors (Lipinski definition) is 4. The van der Waals surface area contributed by atoms with Gasteiger partial charge in [0.15, 0.2) is 0 Å². The van der Waals surface area contributed by atoms with Crippen molar-refractivity contribution >= 4 is 86.4 Å². The number of furan rings is 2. The van der Waals surface area contributed by atoms with E-state index in [9.17, 15) is 0 Å². The zero-order chi connectivity index (χ0) is 28.1. The van der Waals surface area contributed by atoms with Gasteiger partial charge in [-0.25, -0.2) is 4.98 Å². The number of thiophene rings is 1. The molecule has 0 aliphatic rings. The van der Waals surface area contributed by atoms with Gasteiger partial charge in [-0.3, -0.25) is 0 Å². The van der Waals surface area contributed by atoms with Crippen molar-refractivity contribution in [1.29, 1.82) is 0 Å². The molecule has 3 nitrogen and oxygen atoms in total. The number of rotatable bonds is 2. The van der Waals surface area contributed by atoms with Gasteiger partial charge in [0.1, 0.15) is 22.3 Å². The van der Waals surface area contributed by atoms with E-state index in [-0.39, 0.29) is 0 Å². The highest BCUT2D eigenvalue weighted by Gasteiger charge is 2.22. The Hall–Kier alpha value is -5.45. The van der Waals surface area contributed by atoms with E-state index < -0.39 is 0 Å². The quantitative estimate of drug-likeness (QED) is 0.209. The summed E-state index contributed by atoms with van der Waals surface area (Å²) >= 11 is 1.81. The predicted octanol–water partition coefficient (Wildman–Crippen LogP) is 11.7. The highest BCUT2D eigenvalue weighted by atomic mass is 32.1. The number of hydrogen-bond donors (Lipinski definition) is 0. The van der Waals surface area contributed by atoms with Crippen LogP contribution >= 0.6 is 11.3 Å². The fraction of sp³-hybridized carbons (Fsp3) is 0. The zero-order valence-electron chi connectivity index (χ0n) is 22.8. The molecule has 4 aromatic heterocycles. The Morgan fingerprint density at radius 2 is 1.05 bits per heavy atom. The fourth-order valence-corrected chi connectivity index (χ4v) is 7.98. The lowest BCUT2D eigenvalue weighted by atomic mass is 9.94. The minimum Gasteiger partial charge on any atom is -0.455 e. The first-order chi connectivity index (χ1) is 21.3. The van der Waals surface area contributed by atoms with E-state index in [1.807, 2.05) is 35.6 Å². The molecular weight excluding hydrogens is 547 g/mol. The van der Waals surface area contributed by atoms with Gasteiger partial charge in [-0.05, 0) is 47.5 Å². The average Bonchev–Trinajstić information content (AvgIpc) is 3.73. The summed E-state index contributed by atoms with van der Waals surface area (Å²) in [5, 5.41) is 6.74. The zero-order valence-corrected chi connectivity index (χ0v) is 23.6. The van der Waals surface area contributed by atoms with E-state index in [0.29, 0.717) is 0 Å². The summed E-state index contributed by atoms with van der Waals surface area (Å²) in [7, 11) is 0. The van der Waals surface area contributed by atoms with Crippen LogP contribution in [0.3, 0.4) is 0 Å². The lowest BCUT2D eigenvalue weighted by Gasteiger charge is -2.11. The van der Waals surface area contributed by atoms with Crippen molar-refractivity contribution < 1.29 is 8.83 Å². The molecule has 4 heteroatoms. The van der Waals surface area contributed by atoms with Crippen molar-refractivity contribution in [2.75, 3.05) is 0 Å². The van der Waals surface area contributed by atoms with Gasteiger partial charge < -0.3 is 8.83 Å². The average molecular weight is 568 g/mol. The molecular formula is C39H21NO2S. The number of benzene rings is 6. The topological polar surface area (TPSA) is 39.2 Å². The first kappa shape index (κ1) is 23.1. The molecule has 0 aliphatic heterocycles. The molecule has 10 rings (SSSR count). The van der Waals surface area contributed by atoms with E-state index in [1.54, 1.807) is 0 Å². The number of pyridine rings is 1. The van der Waals surface area contributed by atoms with E-state index in [2.05, 4.69) is 103 Å². The molecule has 43 heavy (non-hydrogen) atoms. The third kappa shape index (κ3) is 3.21. The first-order valence-corrected chi connectivity index (χ1v) is 15.2. The number of aromatic nitrogens is 1. The summed E-state index contributed by atoms with van der Waals surface area (Å²) in [6.45, 7) is 0. The Morgan fingerprint density at radius 3 is 1.77 bits per heavy atom. The van der Waals surface area contributed by atoms with Crippen LogP contribution in [0.2, 0.25) is 0 Å². The molecule has 0 radical (unpaired) electrons. The van der Waals surface area contributed by atoms with Crippen molar-refractivity contribution in [3.8, 4) is 22.3 Å². The smallest absolute Gasteiger partial charge is 0.147 e. The molecule has 0 bridgehead atoms. The third-order valence-electron chi connectivity index (χ3n) is 8.65.